The van der Waals surface area contributed by atoms with E-state index in [2.05, 4.69) is 9.88 Å². The van der Waals surface area contributed by atoms with Crippen molar-refractivity contribution in [2.24, 2.45) is 0 Å². The number of hydrogen-bond acceptors (Lipinski definition) is 4. The van der Waals surface area contributed by atoms with Gasteiger partial charge >= 0.3 is 0 Å². The van der Waals surface area contributed by atoms with Crippen molar-refractivity contribution in [3.63, 3.8) is 0 Å². The molecule has 5 heteroatoms. The first kappa shape index (κ1) is 13.4. The van der Waals surface area contributed by atoms with Gasteiger partial charge in [-0.15, -0.1) is 0 Å². The number of nitrogens with zero attached hydrogens (tertiary/aromatic N) is 3. The maximum atomic E-state index is 9.64. The molecule has 0 aromatic carbocycles. The van der Waals surface area contributed by atoms with Crippen molar-refractivity contribution in [1.82, 2.24) is 9.38 Å². The molecule has 0 saturated carbocycles. The number of hydrogen-bond donors (Lipinski definition) is 1. The van der Waals surface area contributed by atoms with E-state index >= 15 is 0 Å². The maximum Gasteiger partial charge on any atom is 0.153 e. The Kier molecular flexibility index (Phi) is 3.89. The number of aliphatic hydroxyl groups is 1. The van der Waals surface area contributed by atoms with Crippen LogP contribution >= 0.6 is 0 Å². The van der Waals surface area contributed by atoms with Crippen LogP contribution in [-0.2, 0) is 11.3 Å². The molecule has 1 fully saturated rings. The van der Waals surface area contributed by atoms with Gasteiger partial charge in [-0.1, -0.05) is 6.07 Å². The number of anilines is 1. The number of fused-ring (bicyclic) bond motifs is 1. The summed E-state index contributed by atoms with van der Waals surface area (Å²) in [6.45, 7) is 1.66. The smallest absolute Gasteiger partial charge is 0.153 e. The zero-order chi connectivity index (χ0) is 13.9. The highest BCUT2D eigenvalue weighted by Crippen LogP contribution is 2.22. The Morgan fingerprint density at radius 3 is 3.10 bits per heavy atom. The van der Waals surface area contributed by atoms with Gasteiger partial charge in [0.25, 0.3) is 0 Å². The second kappa shape index (κ2) is 5.81. The lowest BCUT2D eigenvalue weighted by molar-refractivity contribution is 0.0215. The maximum absolute atomic E-state index is 9.64. The average Bonchev–Trinajstić information content (AvgIpc) is 2.87. The third-order valence-electron chi connectivity index (χ3n) is 3.87. The second-order valence-electron chi connectivity index (χ2n) is 5.34. The molecular formula is C15H21N3O2. The zero-order valence-electron chi connectivity index (χ0n) is 11.8. The highest BCUT2D eigenvalue weighted by atomic mass is 16.5. The molecule has 0 amide bonds. The zero-order valence-corrected chi connectivity index (χ0v) is 11.8. The summed E-state index contributed by atoms with van der Waals surface area (Å²) in [4.78, 5) is 6.71. The number of ether oxygens (including phenoxy) is 1. The Balaban J connectivity index is 1.84. The summed E-state index contributed by atoms with van der Waals surface area (Å²) in [5.74, 6) is 0.841. The van der Waals surface area contributed by atoms with Crippen molar-refractivity contribution in [2.45, 2.75) is 32.0 Å². The van der Waals surface area contributed by atoms with Crippen LogP contribution in [0, 0.1) is 0 Å². The van der Waals surface area contributed by atoms with E-state index in [0.717, 1.165) is 43.2 Å². The number of imidazole rings is 1. The van der Waals surface area contributed by atoms with E-state index in [1.807, 2.05) is 35.8 Å². The van der Waals surface area contributed by atoms with Crippen LogP contribution in [0.25, 0.3) is 5.65 Å². The van der Waals surface area contributed by atoms with E-state index < -0.39 is 0 Å². The lowest BCUT2D eigenvalue weighted by Crippen LogP contribution is -2.34. The molecule has 1 atom stereocenters. The van der Waals surface area contributed by atoms with Crippen molar-refractivity contribution < 1.29 is 9.84 Å². The minimum absolute atomic E-state index is 0.0175. The molecule has 3 heterocycles. The van der Waals surface area contributed by atoms with Crippen molar-refractivity contribution in [2.75, 3.05) is 25.1 Å². The molecule has 1 aliphatic heterocycles. The van der Waals surface area contributed by atoms with Gasteiger partial charge in [-0.3, -0.25) is 4.40 Å². The van der Waals surface area contributed by atoms with Gasteiger partial charge in [0.05, 0.1) is 18.4 Å². The molecule has 3 rings (SSSR count). The number of rotatable bonds is 4. The molecule has 1 N–H and O–H groups in total. The van der Waals surface area contributed by atoms with Crippen LogP contribution < -0.4 is 4.90 Å². The van der Waals surface area contributed by atoms with Crippen molar-refractivity contribution in [1.29, 1.82) is 0 Å². The van der Waals surface area contributed by atoms with Gasteiger partial charge in [-0.05, 0) is 31.4 Å². The number of aliphatic hydroxyl groups excluding tert-OH is 1. The van der Waals surface area contributed by atoms with E-state index in [1.54, 1.807) is 0 Å². The second-order valence-corrected chi connectivity index (χ2v) is 5.34. The topological polar surface area (TPSA) is 50.0 Å². The quantitative estimate of drug-likeness (QED) is 0.925. The highest BCUT2D eigenvalue weighted by Gasteiger charge is 2.20. The SMILES string of the molecule is CN(CC1CCCCO1)c1nc2ccccn2c1CO. The molecule has 1 aliphatic rings. The Labute approximate surface area is 118 Å². The van der Waals surface area contributed by atoms with Crippen molar-refractivity contribution in [3.8, 4) is 0 Å². The Hall–Kier alpha value is -1.59. The molecule has 2 aromatic heterocycles. The van der Waals surface area contributed by atoms with E-state index in [1.165, 1.54) is 6.42 Å². The lowest BCUT2D eigenvalue weighted by atomic mass is 10.1. The van der Waals surface area contributed by atoms with Crippen LogP contribution in [0.5, 0.6) is 0 Å². The molecule has 108 valence electrons. The molecule has 20 heavy (non-hydrogen) atoms. The summed E-state index contributed by atoms with van der Waals surface area (Å²) in [7, 11) is 2.01. The van der Waals surface area contributed by atoms with Gasteiger partial charge in [0.1, 0.15) is 5.65 Å². The molecule has 0 spiro atoms. The van der Waals surface area contributed by atoms with Gasteiger partial charge in [0.15, 0.2) is 5.82 Å². The van der Waals surface area contributed by atoms with Gasteiger partial charge in [-0.25, -0.2) is 4.98 Å². The van der Waals surface area contributed by atoms with Crippen LogP contribution in [0.4, 0.5) is 5.82 Å². The van der Waals surface area contributed by atoms with E-state index in [0.29, 0.717) is 0 Å². The van der Waals surface area contributed by atoms with Crippen LogP contribution in [0.3, 0.4) is 0 Å². The first-order valence-corrected chi connectivity index (χ1v) is 7.19. The first-order chi connectivity index (χ1) is 9.79. The summed E-state index contributed by atoms with van der Waals surface area (Å²) >= 11 is 0. The van der Waals surface area contributed by atoms with Gasteiger partial charge in [0, 0.05) is 26.4 Å². The fraction of sp³-hybridized carbons (Fsp3) is 0.533. The first-order valence-electron chi connectivity index (χ1n) is 7.19. The normalized spacial score (nSPS) is 19.4. The van der Waals surface area contributed by atoms with Crippen LogP contribution in [0.2, 0.25) is 0 Å². The summed E-state index contributed by atoms with van der Waals surface area (Å²) in [6, 6.07) is 5.85. The monoisotopic (exact) mass is 275 g/mol. The Morgan fingerprint density at radius 1 is 1.45 bits per heavy atom. The van der Waals surface area contributed by atoms with Gasteiger partial charge < -0.3 is 14.7 Å². The highest BCUT2D eigenvalue weighted by molar-refractivity contribution is 5.55. The average molecular weight is 275 g/mol. The van der Waals surface area contributed by atoms with Crippen molar-refractivity contribution in [3.05, 3.63) is 30.1 Å². The summed E-state index contributed by atoms with van der Waals surface area (Å²) in [6.07, 6.45) is 5.70. The third kappa shape index (κ3) is 2.51. The standard InChI is InChI=1S/C15H21N3O2/c1-17(10-12-6-3-5-9-20-12)15-13(11-19)18-8-4-2-7-14(18)16-15/h2,4,7-8,12,19H,3,5-6,9-11H2,1H3. The fourth-order valence-electron chi connectivity index (χ4n) is 2.83. The summed E-state index contributed by atoms with van der Waals surface area (Å²) < 4.78 is 7.72. The summed E-state index contributed by atoms with van der Waals surface area (Å²) in [5, 5.41) is 9.64. The third-order valence-corrected chi connectivity index (χ3v) is 3.87. The molecule has 1 unspecified atom stereocenters. The largest absolute Gasteiger partial charge is 0.390 e. The Bertz CT molecular complexity index is 576. The fourth-order valence-corrected chi connectivity index (χ4v) is 2.83. The van der Waals surface area contributed by atoms with Crippen LogP contribution in [-0.4, -0.2) is 40.8 Å². The molecule has 2 aromatic rings. The Morgan fingerprint density at radius 2 is 2.35 bits per heavy atom. The van der Waals surface area contributed by atoms with E-state index in [9.17, 15) is 5.11 Å². The van der Waals surface area contributed by atoms with Crippen LogP contribution in [0.15, 0.2) is 24.4 Å². The number of aromatic nitrogens is 2. The lowest BCUT2D eigenvalue weighted by Gasteiger charge is -2.27. The number of pyridine rings is 1. The van der Waals surface area contributed by atoms with Gasteiger partial charge in [-0.2, -0.15) is 0 Å². The molecule has 5 nitrogen and oxygen atoms in total. The van der Waals surface area contributed by atoms with Gasteiger partial charge in [0.2, 0.25) is 0 Å². The minimum atomic E-state index is -0.0175. The minimum Gasteiger partial charge on any atom is -0.390 e. The molecule has 1 saturated heterocycles. The molecule has 0 aliphatic carbocycles. The molecule has 0 bridgehead atoms. The van der Waals surface area contributed by atoms with Crippen LogP contribution in [0.1, 0.15) is 25.0 Å². The number of likely N-dealkylation sites (N-methyl/N-ethyl adjacent to an activating group) is 1. The predicted molar refractivity (Wildman–Crippen MR) is 78.0 cm³/mol. The summed E-state index contributed by atoms with van der Waals surface area (Å²) in [5.41, 5.74) is 1.70. The van der Waals surface area contributed by atoms with Crippen molar-refractivity contribution >= 4 is 11.5 Å². The van der Waals surface area contributed by atoms with E-state index in [-0.39, 0.29) is 12.7 Å². The molecular weight excluding hydrogens is 254 g/mol. The van der Waals surface area contributed by atoms with E-state index in [4.69, 9.17) is 4.74 Å². The molecule has 0 radical (unpaired) electrons. The predicted octanol–water partition coefficient (Wildman–Crippen LogP) is 1.83.